The topological polar surface area (TPSA) is 38.3 Å². The van der Waals surface area contributed by atoms with Crippen LogP contribution in [0.3, 0.4) is 0 Å². The second-order valence-electron chi connectivity index (χ2n) is 4.59. The lowest BCUT2D eigenvalue weighted by atomic mass is 9.77. The van der Waals surface area contributed by atoms with Gasteiger partial charge >= 0.3 is 0 Å². The van der Waals surface area contributed by atoms with Crippen LogP contribution in [0, 0.1) is 0 Å². The minimum absolute atomic E-state index is 0.0224. The highest BCUT2D eigenvalue weighted by atomic mass is 79.9. The molecule has 1 N–H and O–H groups in total. The fraction of sp³-hybridized carbons (Fsp3) is 0.462. The highest BCUT2D eigenvalue weighted by Gasteiger charge is 2.38. The van der Waals surface area contributed by atoms with Gasteiger partial charge in [-0.25, -0.2) is 0 Å². The summed E-state index contributed by atoms with van der Waals surface area (Å²) in [6.07, 6.45) is 3.46. The van der Waals surface area contributed by atoms with Crippen LogP contribution < -0.4 is 5.32 Å². The molecule has 1 aliphatic carbocycles. The SMILES string of the molecule is COC1(CC(=O)Nc2ccc(Cl)c(Br)c2)CCC1. The van der Waals surface area contributed by atoms with Crippen molar-refractivity contribution in [3.05, 3.63) is 27.7 Å². The normalized spacial score (nSPS) is 17.1. The van der Waals surface area contributed by atoms with Crippen molar-refractivity contribution in [2.75, 3.05) is 12.4 Å². The van der Waals surface area contributed by atoms with Gasteiger partial charge in [0.25, 0.3) is 0 Å². The van der Waals surface area contributed by atoms with Gasteiger partial charge in [0.1, 0.15) is 0 Å². The minimum Gasteiger partial charge on any atom is -0.378 e. The summed E-state index contributed by atoms with van der Waals surface area (Å²) in [5.74, 6) is -0.0224. The summed E-state index contributed by atoms with van der Waals surface area (Å²) in [5.41, 5.74) is 0.496. The molecule has 0 aliphatic heterocycles. The van der Waals surface area contributed by atoms with Gasteiger partial charge in [-0.05, 0) is 53.4 Å². The molecule has 1 aromatic rings. The molecule has 0 unspecified atom stereocenters. The monoisotopic (exact) mass is 331 g/mol. The van der Waals surface area contributed by atoms with E-state index >= 15 is 0 Å². The number of hydrogen-bond acceptors (Lipinski definition) is 2. The number of ether oxygens (including phenoxy) is 1. The van der Waals surface area contributed by atoms with E-state index in [4.69, 9.17) is 16.3 Å². The van der Waals surface area contributed by atoms with Crippen LogP contribution in [-0.4, -0.2) is 18.6 Å². The van der Waals surface area contributed by atoms with Crippen molar-refractivity contribution in [1.29, 1.82) is 0 Å². The lowest BCUT2D eigenvalue weighted by Gasteiger charge is -2.39. The number of carbonyl (C=O) groups excluding carboxylic acids is 1. The third kappa shape index (κ3) is 3.05. The lowest BCUT2D eigenvalue weighted by Crippen LogP contribution is -2.42. The second kappa shape index (κ2) is 5.59. The fourth-order valence-electron chi connectivity index (χ4n) is 2.10. The molecule has 0 aromatic heterocycles. The number of halogens is 2. The zero-order valence-corrected chi connectivity index (χ0v) is 12.5. The molecule has 18 heavy (non-hydrogen) atoms. The summed E-state index contributed by atoms with van der Waals surface area (Å²) in [6, 6.07) is 5.32. The Hall–Kier alpha value is -0.580. The Morgan fingerprint density at radius 3 is 2.78 bits per heavy atom. The first kappa shape index (κ1) is 13.8. The first-order chi connectivity index (χ1) is 8.54. The van der Waals surface area contributed by atoms with Crippen molar-refractivity contribution in [3.8, 4) is 0 Å². The Morgan fingerprint density at radius 1 is 1.56 bits per heavy atom. The van der Waals surface area contributed by atoms with Crippen LogP contribution in [0.5, 0.6) is 0 Å². The maximum absolute atomic E-state index is 11.9. The molecule has 3 nitrogen and oxygen atoms in total. The van der Waals surface area contributed by atoms with Crippen molar-refractivity contribution in [3.63, 3.8) is 0 Å². The molecular formula is C13H15BrClNO2. The van der Waals surface area contributed by atoms with Gasteiger partial charge in [-0.2, -0.15) is 0 Å². The number of rotatable bonds is 4. The van der Waals surface area contributed by atoms with Crippen molar-refractivity contribution in [1.82, 2.24) is 0 Å². The standard InChI is InChI=1S/C13H15BrClNO2/c1-18-13(5-2-6-13)8-12(17)16-9-3-4-11(15)10(14)7-9/h3-4,7H,2,5-6,8H2,1H3,(H,16,17). The number of hydrogen-bond donors (Lipinski definition) is 1. The Morgan fingerprint density at radius 2 is 2.28 bits per heavy atom. The molecule has 1 amide bonds. The first-order valence-corrected chi connectivity index (χ1v) is 7.02. The van der Waals surface area contributed by atoms with Gasteiger partial charge in [0.2, 0.25) is 5.91 Å². The Bertz CT molecular complexity index is 455. The van der Waals surface area contributed by atoms with Gasteiger partial charge in [-0.3, -0.25) is 4.79 Å². The van der Waals surface area contributed by atoms with Crippen LogP contribution in [0.4, 0.5) is 5.69 Å². The van der Waals surface area contributed by atoms with E-state index in [1.54, 1.807) is 25.3 Å². The van der Waals surface area contributed by atoms with E-state index in [0.29, 0.717) is 11.4 Å². The molecule has 1 fully saturated rings. The number of benzene rings is 1. The van der Waals surface area contributed by atoms with E-state index in [0.717, 1.165) is 29.4 Å². The summed E-state index contributed by atoms with van der Waals surface area (Å²) in [7, 11) is 1.67. The molecule has 0 radical (unpaired) electrons. The highest BCUT2D eigenvalue weighted by molar-refractivity contribution is 9.10. The molecule has 0 bridgehead atoms. The van der Waals surface area contributed by atoms with E-state index in [2.05, 4.69) is 21.2 Å². The summed E-state index contributed by atoms with van der Waals surface area (Å²) in [6.45, 7) is 0. The molecule has 5 heteroatoms. The van der Waals surface area contributed by atoms with E-state index in [9.17, 15) is 4.79 Å². The predicted molar refractivity (Wildman–Crippen MR) is 76.0 cm³/mol. The van der Waals surface area contributed by atoms with Gasteiger partial charge in [0.15, 0.2) is 0 Å². The summed E-state index contributed by atoms with van der Waals surface area (Å²) < 4.78 is 6.20. The minimum atomic E-state index is -0.242. The Labute approximate surface area is 120 Å². The number of anilines is 1. The molecule has 0 saturated heterocycles. The van der Waals surface area contributed by atoms with E-state index < -0.39 is 0 Å². The smallest absolute Gasteiger partial charge is 0.227 e. The first-order valence-electron chi connectivity index (χ1n) is 5.85. The van der Waals surface area contributed by atoms with Crippen molar-refractivity contribution >= 4 is 39.1 Å². The van der Waals surface area contributed by atoms with Crippen LogP contribution >= 0.6 is 27.5 Å². The molecule has 1 aromatic carbocycles. The van der Waals surface area contributed by atoms with Crippen LogP contribution in [0.2, 0.25) is 5.02 Å². The lowest BCUT2D eigenvalue weighted by molar-refractivity contribution is -0.129. The van der Waals surface area contributed by atoms with E-state index in [1.807, 2.05) is 0 Å². The molecule has 1 saturated carbocycles. The third-order valence-electron chi connectivity index (χ3n) is 3.38. The molecule has 1 aliphatic rings. The zero-order valence-electron chi connectivity index (χ0n) is 10.1. The Balaban J connectivity index is 1.96. The number of nitrogens with one attached hydrogen (secondary N) is 1. The average Bonchev–Trinajstić information content (AvgIpc) is 2.29. The average molecular weight is 333 g/mol. The largest absolute Gasteiger partial charge is 0.378 e. The molecule has 0 atom stereocenters. The van der Waals surface area contributed by atoms with Crippen LogP contribution in [0.15, 0.2) is 22.7 Å². The highest BCUT2D eigenvalue weighted by Crippen LogP contribution is 2.38. The maximum atomic E-state index is 11.9. The van der Waals surface area contributed by atoms with Crippen molar-refractivity contribution in [2.24, 2.45) is 0 Å². The van der Waals surface area contributed by atoms with Crippen molar-refractivity contribution < 1.29 is 9.53 Å². The Kier molecular flexibility index (Phi) is 4.30. The maximum Gasteiger partial charge on any atom is 0.227 e. The fourth-order valence-corrected chi connectivity index (χ4v) is 2.59. The van der Waals surface area contributed by atoms with E-state index in [1.165, 1.54) is 0 Å². The molecule has 98 valence electrons. The summed E-state index contributed by atoms with van der Waals surface area (Å²) in [4.78, 5) is 11.9. The quantitative estimate of drug-likeness (QED) is 0.905. The van der Waals surface area contributed by atoms with Gasteiger partial charge in [0, 0.05) is 17.3 Å². The molecule has 0 spiro atoms. The number of methoxy groups -OCH3 is 1. The van der Waals surface area contributed by atoms with Crippen molar-refractivity contribution in [2.45, 2.75) is 31.3 Å². The third-order valence-corrected chi connectivity index (χ3v) is 4.60. The second-order valence-corrected chi connectivity index (χ2v) is 5.86. The van der Waals surface area contributed by atoms with Crippen LogP contribution in [0.1, 0.15) is 25.7 Å². The van der Waals surface area contributed by atoms with Crippen LogP contribution in [0.25, 0.3) is 0 Å². The van der Waals surface area contributed by atoms with Gasteiger partial charge in [0.05, 0.1) is 17.0 Å². The molecule has 0 heterocycles. The number of carbonyl (C=O) groups is 1. The van der Waals surface area contributed by atoms with Gasteiger partial charge in [-0.15, -0.1) is 0 Å². The number of amides is 1. The van der Waals surface area contributed by atoms with Crippen LogP contribution in [-0.2, 0) is 9.53 Å². The van der Waals surface area contributed by atoms with E-state index in [-0.39, 0.29) is 11.5 Å². The van der Waals surface area contributed by atoms with Gasteiger partial charge < -0.3 is 10.1 Å². The van der Waals surface area contributed by atoms with Gasteiger partial charge in [-0.1, -0.05) is 11.6 Å². The summed E-state index contributed by atoms with van der Waals surface area (Å²) in [5, 5.41) is 3.49. The summed E-state index contributed by atoms with van der Waals surface area (Å²) >= 11 is 9.23. The molecular weight excluding hydrogens is 318 g/mol. The predicted octanol–water partition coefficient (Wildman–Crippen LogP) is 4.00. The zero-order chi connectivity index (χ0) is 13.2. The molecule has 2 rings (SSSR count).